The van der Waals surface area contributed by atoms with Crippen molar-refractivity contribution in [1.82, 2.24) is 9.80 Å². The van der Waals surface area contributed by atoms with E-state index in [0.29, 0.717) is 31.3 Å². The molecule has 3 rings (SSSR count). The molecule has 2 fully saturated rings. The maximum atomic E-state index is 12.5. The molecule has 1 aromatic rings. The molecular formula is C20H26N2O4. The highest BCUT2D eigenvalue weighted by atomic mass is 16.5. The van der Waals surface area contributed by atoms with Gasteiger partial charge in [-0.25, -0.2) is 0 Å². The molecule has 2 atom stereocenters. The summed E-state index contributed by atoms with van der Waals surface area (Å²) in [5, 5.41) is 0. The minimum Gasteiger partial charge on any atom is -0.469 e. The number of nitrogens with zero attached hydrogens (tertiary/aromatic N) is 2. The highest BCUT2D eigenvalue weighted by molar-refractivity contribution is 5.81. The summed E-state index contributed by atoms with van der Waals surface area (Å²) in [6.45, 7) is 2.85. The zero-order valence-corrected chi connectivity index (χ0v) is 15.2. The summed E-state index contributed by atoms with van der Waals surface area (Å²) in [4.78, 5) is 39.6. The van der Waals surface area contributed by atoms with Gasteiger partial charge in [0.15, 0.2) is 0 Å². The van der Waals surface area contributed by atoms with E-state index in [-0.39, 0.29) is 30.6 Å². The topological polar surface area (TPSA) is 66.9 Å². The van der Waals surface area contributed by atoms with Gasteiger partial charge >= 0.3 is 5.97 Å². The van der Waals surface area contributed by atoms with Gasteiger partial charge in [-0.2, -0.15) is 0 Å². The molecule has 2 heterocycles. The molecule has 0 spiro atoms. The number of carbonyl (C=O) groups excluding carboxylic acids is 3. The zero-order chi connectivity index (χ0) is 18.5. The summed E-state index contributed by atoms with van der Waals surface area (Å²) in [5.74, 6) is 0.571. The molecule has 140 valence electrons. The van der Waals surface area contributed by atoms with Crippen LogP contribution >= 0.6 is 0 Å². The van der Waals surface area contributed by atoms with Crippen LogP contribution in [0.25, 0.3) is 0 Å². The summed E-state index contributed by atoms with van der Waals surface area (Å²) < 4.78 is 4.58. The Balaban J connectivity index is 1.42. The molecule has 0 saturated carbocycles. The lowest BCUT2D eigenvalue weighted by Gasteiger charge is -2.22. The van der Waals surface area contributed by atoms with Gasteiger partial charge in [0, 0.05) is 50.9 Å². The van der Waals surface area contributed by atoms with Gasteiger partial charge in [0.25, 0.3) is 0 Å². The van der Waals surface area contributed by atoms with Crippen LogP contribution in [0.5, 0.6) is 0 Å². The lowest BCUT2D eigenvalue weighted by Crippen LogP contribution is -2.35. The van der Waals surface area contributed by atoms with Crippen molar-refractivity contribution in [2.45, 2.75) is 25.7 Å². The first-order chi connectivity index (χ1) is 12.6. The molecule has 0 radical (unpaired) electrons. The molecule has 0 unspecified atom stereocenters. The second kappa shape index (κ2) is 8.34. The van der Waals surface area contributed by atoms with Crippen molar-refractivity contribution < 1.29 is 19.1 Å². The van der Waals surface area contributed by atoms with Gasteiger partial charge in [-0.05, 0) is 12.0 Å². The summed E-state index contributed by atoms with van der Waals surface area (Å²) >= 11 is 0. The molecule has 2 saturated heterocycles. The number of likely N-dealkylation sites (tertiary alicyclic amines) is 2. The molecule has 6 heteroatoms. The Kier molecular flexibility index (Phi) is 5.91. The second-order valence-corrected chi connectivity index (χ2v) is 7.18. The van der Waals surface area contributed by atoms with E-state index in [2.05, 4.69) is 4.74 Å². The standard InChI is InChI=1S/C20H26N2O4/c1-26-20(25)10-9-19(24)22-13-16-11-21(12-17(16)14-22)18(23)8-7-15-5-3-2-4-6-15/h2-6,16-17H,7-14H2,1H3/t16-,17+. The Morgan fingerprint density at radius 3 is 1.96 bits per heavy atom. The minimum absolute atomic E-state index is 0.00625. The SMILES string of the molecule is COC(=O)CCC(=O)N1C[C@@H]2CN(C(=O)CCc3ccccc3)C[C@@H]2C1. The van der Waals surface area contributed by atoms with Crippen molar-refractivity contribution in [3.8, 4) is 0 Å². The summed E-state index contributed by atoms with van der Waals surface area (Å²) in [6, 6.07) is 10.1. The lowest BCUT2D eigenvalue weighted by atomic mass is 10.0. The van der Waals surface area contributed by atoms with Crippen molar-refractivity contribution >= 4 is 17.8 Å². The van der Waals surface area contributed by atoms with E-state index in [9.17, 15) is 14.4 Å². The van der Waals surface area contributed by atoms with Gasteiger partial charge in [0.1, 0.15) is 0 Å². The van der Waals surface area contributed by atoms with Crippen molar-refractivity contribution in [2.24, 2.45) is 11.8 Å². The van der Waals surface area contributed by atoms with Crippen molar-refractivity contribution in [2.75, 3.05) is 33.3 Å². The molecule has 2 aliphatic rings. The van der Waals surface area contributed by atoms with E-state index in [4.69, 9.17) is 0 Å². The number of ether oxygens (including phenoxy) is 1. The number of methoxy groups -OCH3 is 1. The Morgan fingerprint density at radius 1 is 0.885 bits per heavy atom. The maximum absolute atomic E-state index is 12.5. The lowest BCUT2D eigenvalue weighted by molar-refractivity contribution is -0.143. The Labute approximate surface area is 154 Å². The normalized spacial score (nSPS) is 21.6. The van der Waals surface area contributed by atoms with Crippen molar-refractivity contribution in [1.29, 1.82) is 0 Å². The van der Waals surface area contributed by atoms with Gasteiger partial charge in [-0.3, -0.25) is 14.4 Å². The third-order valence-electron chi connectivity index (χ3n) is 5.43. The number of rotatable bonds is 6. The average molecular weight is 358 g/mol. The predicted octanol–water partition coefficient (Wildman–Crippen LogP) is 1.49. The van der Waals surface area contributed by atoms with E-state index in [1.165, 1.54) is 12.7 Å². The fourth-order valence-electron chi connectivity index (χ4n) is 3.92. The van der Waals surface area contributed by atoms with Crippen LogP contribution in [-0.4, -0.2) is 60.9 Å². The number of hydrogen-bond donors (Lipinski definition) is 0. The summed E-state index contributed by atoms with van der Waals surface area (Å²) in [6.07, 6.45) is 1.63. The van der Waals surface area contributed by atoms with E-state index < -0.39 is 0 Å². The third kappa shape index (κ3) is 4.42. The molecular weight excluding hydrogens is 332 g/mol. The van der Waals surface area contributed by atoms with Crippen LogP contribution in [0.3, 0.4) is 0 Å². The van der Waals surface area contributed by atoms with Gasteiger partial charge in [-0.15, -0.1) is 0 Å². The van der Waals surface area contributed by atoms with Crippen LogP contribution in [-0.2, 0) is 25.5 Å². The second-order valence-electron chi connectivity index (χ2n) is 7.18. The highest BCUT2D eigenvalue weighted by Crippen LogP contribution is 2.32. The predicted molar refractivity (Wildman–Crippen MR) is 96.2 cm³/mol. The minimum atomic E-state index is -0.354. The van der Waals surface area contributed by atoms with Crippen LogP contribution in [0.1, 0.15) is 24.8 Å². The van der Waals surface area contributed by atoms with Gasteiger partial charge < -0.3 is 14.5 Å². The molecule has 6 nitrogen and oxygen atoms in total. The Morgan fingerprint density at radius 2 is 1.42 bits per heavy atom. The van der Waals surface area contributed by atoms with Gasteiger partial charge in [0.05, 0.1) is 13.5 Å². The molecule has 0 aliphatic carbocycles. The first-order valence-corrected chi connectivity index (χ1v) is 9.23. The first-order valence-electron chi connectivity index (χ1n) is 9.23. The Hall–Kier alpha value is -2.37. The molecule has 2 aliphatic heterocycles. The van der Waals surface area contributed by atoms with E-state index in [1.54, 1.807) is 0 Å². The largest absolute Gasteiger partial charge is 0.469 e. The average Bonchev–Trinajstić information content (AvgIpc) is 3.24. The van der Waals surface area contributed by atoms with Crippen molar-refractivity contribution in [3.05, 3.63) is 35.9 Å². The number of carbonyl (C=O) groups is 3. The monoisotopic (exact) mass is 358 g/mol. The van der Waals surface area contributed by atoms with Crippen LogP contribution in [0.15, 0.2) is 30.3 Å². The summed E-state index contributed by atoms with van der Waals surface area (Å²) in [7, 11) is 1.33. The number of hydrogen-bond acceptors (Lipinski definition) is 4. The zero-order valence-electron chi connectivity index (χ0n) is 15.2. The van der Waals surface area contributed by atoms with Gasteiger partial charge in [0.2, 0.25) is 11.8 Å². The molecule has 1 aromatic carbocycles. The quantitative estimate of drug-likeness (QED) is 0.723. The third-order valence-corrected chi connectivity index (χ3v) is 5.43. The fourth-order valence-corrected chi connectivity index (χ4v) is 3.92. The van der Waals surface area contributed by atoms with Crippen molar-refractivity contribution in [3.63, 3.8) is 0 Å². The molecule has 2 amide bonds. The van der Waals surface area contributed by atoms with Crippen LogP contribution in [0.4, 0.5) is 0 Å². The van der Waals surface area contributed by atoms with E-state index in [0.717, 1.165) is 19.5 Å². The molecule has 26 heavy (non-hydrogen) atoms. The summed E-state index contributed by atoms with van der Waals surface area (Å²) in [5.41, 5.74) is 1.18. The number of fused-ring (bicyclic) bond motifs is 1. The number of amides is 2. The highest BCUT2D eigenvalue weighted by Gasteiger charge is 2.42. The van der Waals surface area contributed by atoms with E-state index >= 15 is 0 Å². The number of esters is 1. The van der Waals surface area contributed by atoms with Crippen LogP contribution in [0, 0.1) is 11.8 Å². The molecule has 0 N–H and O–H groups in total. The molecule has 0 aromatic heterocycles. The fraction of sp³-hybridized carbons (Fsp3) is 0.550. The van der Waals surface area contributed by atoms with E-state index in [1.807, 2.05) is 40.1 Å². The van der Waals surface area contributed by atoms with Crippen LogP contribution < -0.4 is 0 Å². The molecule has 0 bridgehead atoms. The van der Waals surface area contributed by atoms with Crippen LogP contribution in [0.2, 0.25) is 0 Å². The number of benzene rings is 1. The Bertz CT molecular complexity index is 647. The van der Waals surface area contributed by atoms with Gasteiger partial charge in [-0.1, -0.05) is 30.3 Å². The smallest absolute Gasteiger partial charge is 0.306 e. The maximum Gasteiger partial charge on any atom is 0.306 e. The number of aryl methyl sites for hydroxylation is 1. The first kappa shape index (κ1) is 18.4.